The summed E-state index contributed by atoms with van der Waals surface area (Å²) in [4.78, 5) is 22.4. The van der Waals surface area contributed by atoms with Crippen molar-refractivity contribution in [1.29, 1.82) is 0 Å². The van der Waals surface area contributed by atoms with Crippen molar-refractivity contribution in [1.82, 2.24) is 20.2 Å². The van der Waals surface area contributed by atoms with E-state index in [2.05, 4.69) is 25.5 Å². The van der Waals surface area contributed by atoms with Gasteiger partial charge in [-0.2, -0.15) is 5.10 Å². The van der Waals surface area contributed by atoms with Gasteiger partial charge >= 0.3 is 0 Å². The highest BCUT2D eigenvalue weighted by molar-refractivity contribution is 7.15. The second kappa shape index (κ2) is 5.45. The molecular weight excluding hydrogens is 286 g/mol. The second-order valence-corrected chi connectivity index (χ2v) is 5.86. The van der Waals surface area contributed by atoms with Crippen LogP contribution in [0.4, 0.5) is 5.82 Å². The van der Waals surface area contributed by atoms with Crippen LogP contribution in [0.3, 0.4) is 0 Å². The molecule has 0 aliphatic carbocycles. The normalized spacial score (nSPS) is 10.6. The highest BCUT2D eigenvalue weighted by Gasteiger charge is 2.11. The number of aryl methyl sites for hydroxylation is 2. The van der Waals surface area contributed by atoms with E-state index in [9.17, 15) is 4.79 Å². The fourth-order valence-electron chi connectivity index (χ4n) is 1.78. The van der Waals surface area contributed by atoms with E-state index in [-0.39, 0.29) is 11.6 Å². The third-order valence-electron chi connectivity index (χ3n) is 2.84. The monoisotopic (exact) mass is 299 g/mol. The largest absolute Gasteiger partial charge is 0.304 e. The second-order valence-electron chi connectivity index (χ2n) is 4.57. The van der Waals surface area contributed by atoms with E-state index in [0.717, 1.165) is 16.3 Å². The number of carbonyl (C=O) groups excluding carboxylic acids is 1. The van der Waals surface area contributed by atoms with Gasteiger partial charge in [-0.15, -0.1) is 11.3 Å². The van der Waals surface area contributed by atoms with Gasteiger partial charge in [-0.05, 0) is 26.0 Å². The Morgan fingerprint density at radius 3 is 2.76 bits per heavy atom. The lowest BCUT2D eigenvalue weighted by Crippen LogP contribution is -2.14. The molecule has 0 unspecified atom stereocenters. The number of amides is 1. The third kappa shape index (κ3) is 2.97. The van der Waals surface area contributed by atoms with Crippen molar-refractivity contribution in [2.24, 2.45) is 0 Å². The molecule has 21 heavy (non-hydrogen) atoms. The number of thiophene rings is 1. The topological polar surface area (TPSA) is 83.6 Å². The van der Waals surface area contributed by atoms with Gasteiger partial charge in [0, 0.05) is 17.1 Å². The minimum atomic E-state index is -0.331. The van der Waals surface area contributed by atoms with E-state index in [4.69, 9.17) is 0 Å². The molecule has 0 saturated carbocycles. The number of aromatic amines is 1. The Kier molecular flexibility index (Phi) is 3.49. The average Bonchev–Trinajstić information content (AvgIpc) is 3.08. The first-order valence-electron chi connectivity index (χ1n) is 6.34. The van der Waals surface area contributed by atoms with E-state index < -0.39 is 0 Å². The lowest BCUT2D eigenvalue weighted by atomic mass is 10.3. The highest BCUT2D eigenvalue weighted by Crippen LogP contribution is 2.27. The number of hydrogen-bond donors (Lipinski definition) is 2. The number of H-pyrrole nitrogens is 1. The molecule has 1 amide bonds. The number of aromatic nitrogens is 4. The number of nitrogens with zero attached hydrogens (tertiary/aromatic N) is 3. The van der Waals surface area contributed by atoms with Crippen molar-refractivity contribution in [3.63, 3.8) is 0 Å². The Labute approximate surface area is 125 Å². The van der Waals surface area contributed by atoms with Gasteiger partial charge in [0.1, 0.15) is 5.69 Å². The minimum absolute atomic E-state index is 0.261. The zero-order valence-electron chi connectivity index (χ0n) is 11.5. The summed E-state index contributed by atoms with van der Waals surface area (Å²) >= 11 is 1.66. The first-order valence-corrected chi connectivity index (χ1v) is 7.16. The Hall–Kier alpha value is -2.54. The van der Waals surface area contributed by atoms with Crippen molar-refractivity contribution in [2.75, 3.05) is 5.32 Å². The van der Waals surface area contributed by atoms with Crippen LogP contribution in [0.5, 0.6) is 0 Å². The van der Waals surface area contributed by atoms with Gasteiger partial charge in [0.05, 0.1) is 22.5 Å². The molecular formula is C14H13N5OS. The van der Waals surface area contributed by atoms with Crippen LogP contribution in [-0.4, -0.2) is 26.1 Å². The molecule has 0 aromatic carbocycles. The smallest absolute Gasteiger partial charge is 0.277 e. The maximum Gasteiger partial charge on any atom is 0.277 e. The summed E-state index contributed by atoms with van der Waals surface area (Å²) in [5.41, 5.74) is 1.90. The molecule has 6 nitrogen and oxygen atoms in total. The van der Waals surface area contributed by atoms with Crippen molar-refractivity contribution in [2.45, 2.75) is 13.8 Å². The number of anilines is 1. The van der Waals surface area contributed by atoms with Crippen LogP contribution in [0.2, 0.25) is 0 Å². The summed E-state index contributed by atoms with van der Waals surface area (Å²) in [7, 11) is 0. The zero-order chi connectivity index (χ0) is 14.8. The van der Waals surface area contributed by atoms with Crippen LogP contribution in [0.15, 0.2) is 30.6 Å². The van der Waals surface area contributed by atoms with Gasteiger partial charge in [0.15, 0.2) is 5.82 Å². The van der Waals surface area contributed by atoms with Gasteiger partial charge in [0.2, 0.25) is 0 Å². The van der Waals surface area contributed by atoms with Crippen LogP contribution in [0, 0.1) is 13.8 Å². The van der Waals surface area contributed by atoms with Crippen molar-refractivity contribution >= 4 is 23.1 Å². The molecule has 0 aliphatic heterocycles. The molecule has 0 saturated heterocycles. The number of hydrogen-bond acceptors (Lipinski definition) is 5. The SMILES string of the molecule is Cc1cnc(C(=O)Nc2cc(-c3ccc(C)s3)[nH]n2)cn1. The highest BCUT2D eigenvalue weighted by atomic mass is 32.1. The van der Waals surface area contributed by atoms with Crippen LogP contribution in [0.25, 0.3) is 10.6 Å². The Bertz CT molecular complexity index is 775. The maximum absolute atomic E-state index is 12.0. The zero-order valence-corrected chi connectivity index (χ0v) is 12.4. The molecule has 3 heterocycles. The predicted octanol–water partition coefficient (Wildman–Crippen LogP) is 2.80. The molecule has 0 radical (unpaired) electrons. The van der Waals surface area contributed by atoms with Crippen LogP contribution >= 0.6 is 11.3 Å². The predicted molar refractivity (Wildman–Crippen MR) is 81.4 cm³/mol. The van der Waals surface area contributed by atoms with E-state index >= 15 is 0 Å². The van der Waals surface area contributed by atoms with Crippen molar-refractivity contribution in [3.05, 3.63) is 46.9 Å². The maximum atomic E-state index is 12.0. The van der Waals surface area contributed by atoms with Crippen LogP contribution < -0.4 is 5.32 Å². The molecule has 0 atom stereocenters. The molecule has 0 aliphatic rings. The quantitative estimate of drug-likeness (QED) is 0.779. The first kappa shape index (κ1) is 13.4. The van der Waals surface area contributed by atoms with Crippen LogP contribution in [-0.2, 0) is 0 Å². The van der Waals surface area contributed by atoms with Gasteiger partial charge in [0.25, 0.3) is 5.91 Å². The summed E-state index contributed by atoms with van der Waals surface area (Å²) in [6.07, 6.45) is 3.00. The van der Waals surface area contributed by atoms with E-state index in [1.165, 1.54) is 11.1 Å². The Balaban J connectivity index is 1.75. The van der Waals surface area contributed by atoms with Gasteiger partial charge < -0.3 is 5.32 Å². The standard InChI is InChI=1S/C14H13N5OS/c1-8-6-16-11(7-15-8)14(20)17-13-5-10(18-19-13)12-4-3-9(2)21-12/h3-7H,1-2H3,(H2,17,18,19,20). The summed E-state index contributed by atoms with van der Waals surface area (Å²) in [6.45, 7) is 3.86. The molecule has 0 spiro atoms. The molecule has 106 valence electrons. The summed E-state index contributed by atoms with van der Waals surface area (Å²) < 4.78 is 0. The lowest BCUT2D eigenvalue weighted by Gasteiger charge is -2.00. The van der Waals surface area contributed by atoms with E-state index in [1.807, 2.05) is 26.0 Å². The lowest BCUT2D eigenvalue weighted by molar-refractivity contribution is 0.102. The van der Waals surface area contributed by atoms with Gasteiger partial charge in [-0.1, -0.05) is 0 Å². The first-order chi connectivity index (χ1) is 10.1. The summed E-state index contributed by atoms with van der Waals surface area (Å²) in [5, 5.41) is 9.69. The molecule has 3 aromatic heterocycles. The average molecular weight is 299 g/mol. The number of rotatable bonds is 3. The molecule has 2 N–H and O–H groups in total. The van der Waals surface area contributed by atoms with Gasteiger partial charge in [-0.25, -0.2) is 4.98 Å². The van der Waals surface area contributed by atoms with Crippen molar-refractivity contribution in [3.8, 4) is 10.6 Å². The van der Waals surface area contributed by atoms with Crippen LogP contribution in [0.1, 0.15) is 21.1 Å². The molecule has 7 heteroatoms. The van der Waals surface area contributed by atoms with Gasteiger partial charge in [-0.3, -0.25) is 14.9 Å². The van der Waals surface area contributed by atoms with Crippen molar-refractivity contribution < 1.29 is 4.79 Å². The molecule has 3 aromatic rings. The Morgan fingerprint density at radius 1 is 1.24 bits per heavy atom. The van der Waals surface area contributed by atoms with E-state index in [1.54, 1.807) is 23.6 Å². The fourth-order valence-corrected chi connectivity index (χ4v) is 2.62. The summed E-state index contributed by atoms with van der Waals surface area (Å²) in [6, 6.07) is 5.86. The summed E-state index contributed by atoms with van der Waals surface area (Å²) in [5.74, 6) is 0.131. The third-order valence-corrected chi connectivity index (χ3v) is 3.87. The molecule has 3 rings (SSSR count). The minimum Gasteiger partial charge on any atom is -0.304 e. The molecule has 0 bridgehead atoms. The van der Waals surface area contributed by atoms with E-state index in [0.29, 0.717) is 5.82 Å². The number of carbonyl (C=O) groups is 1. The fraction of sp³-hybridized carbons (Fsp3) is 0.143. The molecule has 0 fully saturated rings. The Morgan fingerprint density at radius 2 is 2.10 bits per heavy atom. The number of nitrogens with one attached hydrogen (secondary N) is 2.